The third-order valence-corrected chi connectivity index (χ3v) is 2.44. The van der Waals surface area contributed by atoms with Crippen LogP contribution in [0.4, 0.5) is 0 Å². The van der Waals surface area contributed by atoms with Crippen LogP contribution < -0.4 is 0 Å². The van der Waals surface area contributed by atoms with E-state index in [0.29, 0.717) is 10.9 Å². The van der Waals surface area contributed by atoms with Crippen molar-refractivity contribution in [2.75, 3.05) is 6.61 Å². The summed E-state index contributed by atoms with van der Waals surface area (Å²) in [4.78, 5) is 4.13. The van der Waals surface area contributed by atoms with Crippen LogP contribution in [-0.2, 0) is 11.2 Å². The first kappa shape index (κ1) is 8.90. The van der Waals surface area contributed by atoms with Crippen LogP contribution in [0.2, 0.25) is 0 Å². The molecule has 0 amide bonds. The maximum absolute atomic E-state index is 5.58. The Kier molecular flexibility index (Phi) is 2.75. The number of aromatic nitrogens is 3. The average Bonchev–Trinajstić information content (AvgIpc) is 2.53. The Morgan fingerprint density at radius 2 is 2.38 bits per heavy atom. The summed E-state index contributed by atoms with van der Waals surface area (Å²) in [6.07, 6.45) is 4.74. The van der Waals surface area contributed by atoms with Gasteiger partial charge in [0.15, 0.2) is 0 Å². The van der Waals surface area contributed by atoms with Gasteiger partial charge in [-0.2, -0.15) is 0 Å². The van der Waals surface area contributed by atoms with Gasteiger partial charge in [-0.3, -0.25) is 10.2 Å². The zero-order valence-corrected chi connectivity index (χ0v) is 8.19. The van der Waals surface area contributed by atoms with Gasteiger partial charge in [-0.25, -0.2) is 4.98 Å². The van der Waals surface area contributed by atoms with E-state index in [9.17, 15) is 0 Å². The van der Waals surface area contributed by atoms with Crippen molar-refractivity contribution < 1.29 is 4.74 Å². The number of nitrogens with zero attached hydrogens (tertiary/aromatic N) is 1. The molecule has 1 aromatic heterocycles. The molecular formula is C8H13N3OS. The third kappa shape index (κ3) is 2.38. The number of hydrogen-bond donors (Lipinski definition) is 2. The molecule has 2 rings (SSSR count). The second-order valence-electron chi connectivity index (χ2n) is 3.31. The summed E-state index contributed by atoms with van der Waals surface area (Å²) in [6, 6.07) is 0. The predicted molar refractivity (Wildman–Crippen MR) is 51.1 cm³/mol. The molecular weight excluding hydrogens is 186 g/mol. The Hall–Kier alpha value is -0.680. The Morgan fingerprint density at radius 1 is 1.46 bits per heavy atom. The lowest BCUT2D eigenvalue weighted by molar-refractivity contribution is 0.0157. The molecule has 5 heteroatoms. The first-order chi connectivity index (χ1) is 6.34. The summed E-state index contributed by atoms with van der Waals surface area (Å²) < 4.78 is 6.10. The molecule has 1 aromatic rings. The normalized spacial score (nSPS) is 23.2. The molecule has 1 atom stereocenters. The maximum atomic E-state index is 5.58. The molecule has 1 saturated heterocycles. The van der Waals surface area contributed by atoms with E-state index in [0.717, 1.165) is 25.3 Å². The quantitative estimate of drug-likeness (QED) is 0.711. The molecule has 1 aliphatic heterocycles. The molecule has 2 heterocycles. The van der Waals surface area contributed by atoms with Crippen molar-refractivity contribution in [3.63, 3.8) is 0 Å². The predicted octanol–water partition coefficient (Wildman–Crippen LogP) is 1.58. The Balaban J connectivity index is 1.93. The number of rotatable bonds is 2. The third-order valence-electron chi connectivity index (χ3n) is 2.25. The smallest absolute Gasteiger partial charge is 0.213 e. The number of aromatic amines is 2. The fourth-order valence-electron chi connectivity index (χ4n) is 1.58. The van der Waals surface area contributed by atoms with Crippen LogP contribution in [0.3, 0.4) is 0 Å². The molecule has 0 radical (unpaired) electrons. The fourth-order valence-corrected chi connectivity index (χ4v) is 1.75. The van der Waals surface area contributed by atoms with Gasteiger partial charge in [-0.05, 0) is 31.5 Å². The summed E-state index contributed by atoms with van der Waals surface area (Å²) in [7, 11) is 0. The topological polar surface area (TPSA) is 53.7 Å². The molecule has 0 spiro atoms. The second-order valence-corrected chi connectivity index (χ2v) is 3.69. The van der Waals surface area contributed by atoms with Gasteiger partial charge in [0.2, 0.25) is 4.77 Å². The van der Waals surface area contributed by atoms with Crippen LogP contribution in [0.1, 0.15) is 25.1 Å². The van der Waals surface area contributed by atoms with E-state index < -0.39 is 0 Å². The van der Waals surface area contributed by atoms with Gasteiger partial charge in [0.05, 0.1) is 6.10 Å². The van der Waals surface area contributed by atoms with Gasteiger partial charge in [0.25, 0.3) is 0 Å². The number of H-pyrrole nitrogens is 2. The summed E-state index contributed by atoms with van der Waals surface area (Å²) in [6.45, 7) is 0.885. The number of ether oxygens (including phenoxy) is 1. The lowest BCUT2D eigenvalue weighted by Gasteiger charge is -2.21. The SMILES string of the molecule is S=c1nc(CC2CCCCO2)[nH][nH]1. The number of hydrogen-bond acceptors (Lipinski definition) is 3. The standard InChI is InChI=1S/C8H13N3OS/c13-8-9-7(10-11-8)5-6-3-1-2-4-12-6/h6H,1-5H2,(H2,9,10,11,13). The average molecular weight is 199 g/mol. The highest BCUT2D eigenvalue weighted by molar-refractivity contribution is 7.71. The monoisotopic (exact) mass is 199 g/mol. The lowest BCUT2D eigenvalue weighted by Crippen LogP contribution is -2.21. The van der Waals surface area contributed by atoms with Crippen molar-refractivity contribution in [3.05, 3.63) is 10.6 Å². The molecule has 0 saturated carbocycles. The minimum atomic E-state index is 0.322. The molecule has 2 N–H and O–H groups in total. The van der Waals surface area contributed by atoms with Crippen LogP contribution in [0, 0.1) is 4.77 Å². The maximum Gasteiger partial charge on any atom is 0.213 e. The molecule has 0 aliphatic carbocycles. The van der Waals surface area contributed by atoms with Crippen LogP contribution in [0.25, 0.3) is 0 Å². The molecule has 4 nitrogen and oxygen atoms in total. The van der Waals surface area contributed by atoms with Crippen LogP contribution in [0.15, 0.2) is 0 Å². The van der Waals surface area contributed by atoms with E-state index in [1.807, 2.05) is 0 Å². The molecule has 13 heavy (non-hydrogen) atoms. The Morgan fingerprint density at radius 3 is 3.00 bits per heavy atom. The van der Waals surface area contributed by atoms with Crippen LogP contribution >= 0.6 is 12.2 Å². The summed E-state index contributed by atoms with van der Waals surface area (Å²) in [5, 5.41) is 5.71. The van der Waals surface area contributed by atoms with Crippen LogP contribution in [0.5, 0.6) is 0 Å². The van der Waals surface area contributed by atoms with Crippen molar-refractivity contribution in [1.82, 2.24) is 15.2 Å². The van der Waals surface area contributed by atoms with Crippen molar-refractivity contribution in [1.29, 1.82) is 0 Å². The van der Waals surface area contributed by atoms with E-state index in [1.165, 1.54) is 12.8 Å². The largest absolute Gasteiger partial charge is 0.378 e. The highest BCUT2D eigenvalue weighted by atomic mass is 32.1. The van der Waals surface area contributed by atoms with Crippen LogP contribution in [-0.4, -0.2) is 27.9 Å². The molecule has 1 aliphatic rings. The van der Waals surface area contributed by atoms with Gasteiger partial charge in [0.1, 0.15) is 5.82 Å². The highest BCUT2D eigenvalue weighted by Crippen LogP contribution is 2.15. The van der Waals surface area contributed by atoms with E-state index >= 15 is 0 Å². The summed E-state index contributed by atoms with van der Waals surface area (Å²) >= 11 is 4.86. The van der Waals surface area contributed by atoms with Gasteiger partial charge in [-0.15, -0.1) is 0 Å². The van der Waals surface area contributed by atoms with E-state index in [4.69, 9.17) is 17.0 Å². The minimum absolute atomic E-state index is 0.322. The first-order valence-corrected chi connectivity index (χ1v) is 5.00. The summed E-state index contributed by atoms with van der Waals surface area (Å²) in [5.74, 6) is 0.900. The zero-order chi connectivity index (χ0) is 9.10. The van der Waals surface area contributed by atoms with E-state index in [1.54, 1.807) is 0 Å². The van der Waals surface area contributed by atoms with Gasteiger partial charge >= 0.3 is 0 Å². The Labute approximate surface area is 81.7 Å². The fraction of sp³-hybridized carbons (Fsp3) is 0.750. The Bertz CT molecular complexity index is 313. The van der Waals surface area contributed by atoms with Crippen molar-refractivity contribution in [3.8, 4) is 0 Å². The van der Waals surface area contributed by atoms with Crippen molar-refractivity contribution >= 4 is 12.2 Å². The van der Waals surface area contributed by atoms with E-state index in [2.05, 4.69) is 15.2 Å². The lowest BCUT2D eigenvalue weighted by atomic mass is 10.1. The number of nitrogens with one attached hydrogen (secondary N) is 2. The first-order valence-electron chi connectivity index (χ1n) is 4.60. The van der Waals surface area contributed by atoms with Gasteiger partial charge < -0.3 is 4.74 Å². The van der Waals surface area contributed by atoms with Crippen molar-refractivity contribution in [2.24, 2.45) is 0 Å². The minimum Gasteiger partial charge on any atom is -0.378 e. The van der Waals surface area contributed by atoms with Gasteiger partial charge in [0, 0.05) is 13.0 Å². The molecule has 1 unspecified atom stereocenters. The second kappa shape index (κ2) is 4.02. The van der Waals surface area contributed by atoms with Gasteiger partial charge in [-0.1, -0.05) is 0 Å². The van der Waals surface area contributed by atoms with E-state index in [-0.39, 0.29) is 0 Å². The highest BCUT2D eigenvalue weighted by Gasteiger charge is 2.15. The zero-order valence-electron chi connectivity index (χ0n) is 7.38. The van der Waals surface area contributed by atoms with Crippen molar-refractivity contribution in [2.45, 2.75) is 31.8 Å². The molecule has 0 bridgehead atoms. The summed E-state index contributed by atoms with van der Waals surface area (Å²) in [5.41, 5.74) is 0. The molecule has 0 aromatic carbocycles. The molecule has 72 valence electrons. The molecule has 1 fully saturated rings.